The van der Waals surface area contributed by atoms with Gasteiger partial charge in [0.2, 0.25) is 0 Å². The third-order valence-electron chi connectivity index (χ3n) is 5.18. The SMILES string of the molecule is CC1(C)[C@@H](C=C(Cl)C(F)(F)Cl)[C@@H]1C(=O)OCc1cccc(-c2ccccc2)c1. The van der Waals surface area contributed by atoms with E-state index in [2.05, 4.69) is 0 Å². The first-order valence-electron chi connectivity index (χ1n) is 8.86. The van der Waals surface area contributed by atoms with E-state index in [0.29, 0.717) is 0 Å². The molecule has 1 aliphatic carbocycles. The van der Waals surface area contributed by atoms with Crippen molar-refractivity contribution in [1.82, 2.24) is 0 Å². The minimum absolute atomic E-state index is 0.113. The monoisotopic (exact) mass is 424 g/mol. The van der Waals surface area contributed by atoms with E-state index in [1.807, 2.05) is 68.4 Å². The van der Waals surface area contributed by atoms with Gasteiger partial charge in [0.1, 0.15) is 6.61 Å². The van der Waals surface area contributed by atoms with Gasteiger partial charge in [-0.1, -0.05) is 80.1 Å². The molecule has 0 N–H and O–H groups in total. The number of halogens is 4. The van der Waals surface area contributed by atoms with Gasteiger partial charge in [0.05, 0.1) is 11.0 Å². The Morgan fingerprint density at radius 2 is 1.79 bits per heavy atom. The van der Waals surface area contributed by atoms with Crippen LogP contribution < -0.4 is 0 Å². The average Bonchev–Trinajstić information content (AvgIpc) is 3.20. The highest BCUT2D eigenvalue weighted by Crippen LogP contribution is 2.60. The van der Waals surface area contributed by atoms with Gasteiger partial charge in [-0.2, -0.15) is 8.78 Å². The molecule has 1 saturated carbocycles. The Kier molecular flexibility index (Phi) is 5.83. The first-order chi connectivity index (χ1) is 13.1. The van der Waals surface area contributed by atoms with E-state index in [1.165, 1.54) is 0 Å². The molecule has 1 fully saturated rings. The molecule has 2 aromatic carbocycles. The summed E-state index contributed by atoms with van der Waals surface area (Å²) in [7, 11) is 0. The molecule has 0 amide bonds. The molecule has 0 radical (unpaired) electrons. The summed E-state index contributed by atoms with van der Waals surface area (Å²) in [6.07, 6.45) is 1.16. The molecule has 0 unspecified atom stereocenters. The first-order valence-corrected chi connectivity index (χ1v) is 9.62. The van der Waals surface area contributed by atoms with E-state index < -0.39 is 33.6 Å². The van der Waals surface area contributed by atoms with Gasteiger partial charge in [0.25, 0.3) is 0 Å². The fourth-order valence-corrected chi connectivity index (χ4v) is 3.61. The highest BCUT2D eigenvalue weighted by molar-refractivity contribution is 6.38. The predicted molar refractivity (Wildman–Crippen MR) is 107 cm³/mol. The van der Waals surface area contributed by atoms with E-state index in [1.54, 1.807) is 0 Å². The highest BCUT2D eigenvalue weighted by atomic mass is 35.5. The number of carbonyl (C=O) groups excluding carboxylic acids is 1. The van der Waals surface area contributed by atoms with Crippen LogP contribution >= 0.6 is 23.2 Å². The Morgan fingerprint density at radius 1 is 1.14 bits per heavy atom. The maximum Gasteiger partial charge on any atom is 0.358 e. The van der Waals surface area contributed by atoms with Crippen LogP contribution in [0.1, 0.15) is 19.4 Å². The molecule has 6 heteroatoms. The quantitative estimate of drug-likeness (QED) is 0.384. The summed E-state index contributed by atoms with van der Waals surface area (Å²) in [5.41, 5.74) is 2.44. The zero-order valence-electron chi connectivity index (χ0n) is 15.5. The number of benzene rings is 2. The summed E-state index contributed by atoms with van der Waals surface area (Å²) in [5, 5.41) is -4.40. The zero-order chi connectivity index (χ0) is 20.5. The largest absolute Gasteiger partial charge is 0.461 e. The lowest BCUT2D eigenvalue weighted by Crippen LogP contribution is -2.11. The van der Waals surface area contributed by atoms with Crippen LogP contribution in [-0.4, -0.2) is 11.4 Å². The molecule has 1 aliphatic rings. The van der Waals surface area contributed by atoms with E-state index >= 15 is 0 Å². The third kappa shape index (κ3) is 4.56. The van der Waals surface area contributed by atoms with E-state index in [9.17, 15) is 13.6 Å². The van der Waals surface area contributed by atoms with Crippen LogP contribution in [0.5, 0.6) is 0 Å². The number of ether oxygens (including phenoxy) is 1. The molecule has 2 nitrogen and oxygen atoms in total. The van der Waals surface area contributed by atoms with Gasteiger partial charge in [0.15, 0.2) is 0 Å². The summed E-state index contributed by atoms with van der Waals surface area (Å²) in [6.45, 7) is 3.74. The van der Waals surface area contributed by atoms with Crippen molar-refractivity contribution in [3.63, 3.8) is 0 Å². The van der Waals surface area contributed by atoms with Crippen molar-refractivity contribution in [3.05, 3.63) is 71.3 Å². The van der Waals surface area contributed by atoms with Crippen molar-refractivity contribution >= 4 is 29.2 Å². The Morgan fingerprint density at radius 3 is 2.43 bits per heavy atom. The van der Waals surface area contributed by atoms with Gasteiger partial charge in [-0.3, -0.25) is 4.79 Å². The molecule has 0 aromatic heterocycles. The highest BCUT2D eigenvalue weighted by Gasteiger charge is 2.62. The van der Waals surface area contributed by atoms with Crippen LogP contribution in [-0.2, 0) is 16.1 Å². The smallest absolute Gasteiger partial charge is 0.358 e. The van der Waals surface area contributed by atoms with Gasteiger partial charge in [-0.25, -0.2) is 0 Å². The van der Waals surface area contributed by atoms with Crippen LogP contribution in [0.3, 0.4) is 0 Å². The predicted octanol–water partition coefficient (Wildman–Crippen LogP) is 6.62. The molecular formula is C22H20Cl2F2O2. The second kappa shape index (κ2) is 7.84. The van der Waals surface area contributed by atoms with E-state index in [-0.39, 0.29) is 6.61 Å². The van der Waals surface area contributed by atoms with Crippen molar-refractivity contribution < 1.29 is 18.3 Å². The fraction of sp³-hybridized carbons (Fsp3) is 0.318. The van der Waals surface area contributed by atoms with Gasteiger partial charge >= 0.3 is 11.4 Å². The number of hydrogen-bond acceptors (Lipinski definition) is 2. The molecule has 3 rings (SSSR count). The van der Waals surface area contributed by atoms with Crippen LogP contribution in [0.15, 0.2) is 65.7 Å². The number of alkyl halides is 3. The lowest BCUT2D eigenvalue weighted by molar-refractivity contribution is -0.147. The molecule has 2 atom stereocenters. The molecule has 28 heavy (non-hydrogen) atoms. The van der Waals surface area contributed by atoms with Crippen LogP contribution in [0.2, 0.25) is 0 Å². The summed E-state index contributed by atoms with van der Waals surface area (Å²) in [4.78, 5) is 12.5. The topological polar surface area (TPSA) is 26.3 Å². The minimum Gasteiger partial charge on any atom is -0.461 e. The first kappa shape index (κ1) is 20.8. The molecule has 148 valence electrons. The van der Waals surface area contributed by atoms with Gasteiger partial charge < -0.3 is 4.74 Å². The van der Waals surface area contributed by atoms with Crippen molar-refractivity contribution in [2.75, 3.05) is 0 Å². The normalized spacial score (nSPS) is 21.3. The molecule has 0 bridgehead atoms. The van der Waals surface area contributed by atoms with Crippen molar-refractivity contribution in [2.45, 2.75) is 25.8 Å². The fourth-order valence-electron chi connectivity index (χ4n) is 3.41. The maximum absolute atomic E-state index is 13.1. The molecule has 0 heterocycles. The van der Waals surface area contributed by atoms with Crippen molar-refractivity contribution in [2.24, 2.45) is 17.3 Å². The van der Waals surface area contributed by atoms with Gasteiger partial charge in [0, 0.05) is 0 Å². The van der Waals surface area contributed by atoms with Crippen LogP contribution in [0, 0.1) is 17.3 Å². The molecule has 0 saturated heterocycles. The van der Waals surface area contributed by atoms with Crippen molar-refractivity contribution in [1.29, 1.82) is 0 Å². The number of esters is 1. The Bertz CT molecular complexity index is 889. The maximum atomic E-state index is 13.1. The lowest BCUT2D eigenvalue weighted by atomic mass is 10.0. The van der Waals surface area contributed by atoms with Crippen LogP contribution in [0.4, 0.5) is 8.78 Å². The standard InChI is InChI=1S/C22H20Cl2F2O2/c1-21(2)17(12-18(23)22(24,25)26)19(21)20(27)28-13-14-7-6-10-16(11-14)15-8-4-3-5-9-15/h3-12,17,19H,13H2,1-2H3/t17-,19+/m0/s1. The van der Waals surface area contributed by atoms with Gasteiger partial charge in [-0.05, 0) is 45.7 Å². The number of rotatable bonds is 6. The van der Waals surface area contributed by atoms with E-state index in [4.69, 9.17) is 27.9 Å². The number of hydrogen-bond donors (Lipinski definition) is 0. The number of allylic oxidation sites excluding steroid dienone is 2. The molecular weight excluding hydrogens is 405 g/mol. The summed E-state index contributed by atoms with van der Waals surface area (Å²) < 4.78 is 31.6. The molecule has 0 aliphatic heterocycles. The Hall–Kier alpha value is -1.91. The number of carbonyl (C=O) groups is 1. The Balaban J connectivity index is 1.65. The zero-order valence-corrected chi connectivity index (χ0v) is 17.0. The van der Waals surface area contributed by atoms with E-state index in [0.717, 1.165) is 22.8 Å². The summed E-state index contributed by atoms with van der Waals surface area (Å²) in [5.74, 6) is -1.40. The van der Waals surface area contributed by atoms with Gasteiger partial charge in [-0.15, -0.1) is 0 Å². The average molecular weight is 425 g/mol. The molecule has 0 spiro atoms. The van der Waals surface area contributed by atoms with Crippen molar-refractivity contribution in [3.8, 4) is 11.1 Å². The second-order valence-corrected chi connectivity index (χ2v) is 8.39. The summed E-state index contributed by atoms with van der Waals surface area (Å²) >= 11 is 10.5. The minimum atomic E-state index is -3.63. The van der Waals surface area contributed by atoms with Crippen LogP contribution in [0.25, 0.3) is 11.1 Å². The summed E-state index contributed by atoms with van der Waals surface area (Å²) in [6, 6.07) is 17.6. The lowest BCUT2D eigenvalue weighted by Gasteiger charge is -2.08. The Labute approximate surface area is 173 Å². The molecule has 2 aromatic rings. The second-order valence-electron chi connectivity index (χ2n) is 7.51. The third-order valence-corrected chi connectivity index (χ3v) is 5.84.